The first-order chi connectivity index (χ1) is 6.60. The zero-order valence-electron chi connectivity index (χ0n) is 7.63. The van der Waals surface area contributed by atoms with Crippen molar-refractivity contribution in [2.24, 2.45) is 5.73 Å². The van der Waals surface area contributed by atoms with Crippen molar-refractivity contribution >= 4 is 5.82 Å². The van der Waals surface area contributed by atoms with Gasteiger partial charge >= 0.3 is 0 Å². The maximum Gasteiger partial charge on any atom is 0.267 e. The van der Waals surface area contributed by atoms with Crippen LogP contribution in [0.5, 0.6) is 5.75 Å². The number of aromatic nitrogens is 1. The maximum atomic E-state index is 12.4. The van der Waals surface area contributed by atoms with Gasteiger partial charge in [-0.05, 0) is 6.07 Å². The van der Waals surface area contributed by atoms with Gasteiger partial charge in [0.15, 0.2) is 0 Å². The minimum Gasteiger partial charge on any atom is -0.495 e. The van der Waals surface area contributed by atoms with Crippen molar-refractivity contribution in [2.45, 2.75) is 13.0 Å². The lowest BCUT2D eigenvalue weighted by Gasteiger charge is -2.10. The van der Waals surface area contributed by atoms with Crippen molar-refractivity contribution < 1.29 is 13.5 Å². The number of hydrogen-bond acceptors (Lipinski definition) is 4. The van der Waals surface area contributed by atoms with Crippen LogP contribution in [0.25, 0.3) is 0 Å². The summed E-state index contributed by atoms with van der Waals surface area (Å²) in [6.45, 7) is 0.0941. The Balaban J connectivity index is 3.23. The third-order valence-corrected chi connectivity index (χ3v) is 1.77. The van der Waals surface area contributed by atoms with Crippen LogP contribution < -0.4 is 16.2 Å². The van der Waals surface area contributed by atoms with Gasteiger partial charge < -0.3 is 16.2 Å². The summed E-state index contributed by atoms with van der Waals surface area (Å²) in [6, 6.07) is 1.16. The first-order valence-corrected chi connectivity index (χ1v) is 3.91. The molecule has 6 heteroatoms. The summed E-state index contributed by atoms with van der Waals surface area (Å²) >= 11 is 0. The molecule has 0 unspecified atom stereocenters. The number of pyridine rings is 1. The van der Waals surface area contributed by atoms with E-state index >= 15 is 0 Å². The van der Waals surface area contributed by atoms with Gasteiger partial charge in [0, 0.05) is 6.54 Å². The standard InChI is InChI=1S/C8H11F2N3O/c1-14-6-2-4(7(9)10)8(12)13-5(6)3-11/h2,7H,3,11H2,1H3,(H2,12,13). The van der Waals surface area contributed by atoms with Crippen LogP contribution in [0.1, 0.15) is 17.7 Å². The Labute approximate surface area is 79.9 Å². The van der Waals surface area contributed by atoms with E-state index in [1.165, 1.54) is 7.11 Å². The topological polar surface area (TPSA) is 74.2 Å². The van der Waals surface area contributed by atoms with Crippen LogP contribution in [-0.2, 0) is 6.54 Å². The number of methoxy groups -OCH3 is 1. The number of ether oxygens (including phenoxy) is 1. The fourth-order valence-electron chi connectivity index (χ4n) is 1.06. The summed E-state index contributed by atoms with van der Waals surface area (Å²) in [7, 11) is 1.36. The molecule has 0 atom stereocenters. The van der Waals surface area contributed by atoms with Gasteiger partial charge in [0.1, 0.15) is 11.6 Å². The van der Waals surface area contributed by atoms with E-state index in [9.17, 15) is 8.78 Å². The Hall–Kier alpha value is -1.43. The summed E-state index contributed by atoms with van der Waals surface area (Å²) in [6.07, 6.45) is -2.66. The zero-order valence-corrected chi connectivity index (χ0v) is 7.63. The second kappa shape index (κ2) is 4.19. The minimum atomic E-state index is -2.66. The van der Waals surface area contributed by atoms with E-state index in [-0.39, 0.29) is 23.7 Å². The third kappa shape index (κ3) is 1.90. The van der Waals surface area contributed by atoms with Gasteiger partial charge in [-0.15, -0.1) is 0 Å². The average Bonchev–Trinajstić information content (AvgIpc) is 2.16. The molecule has 1 aromatic heterocycles. The van der Waals surface area contributed by atoms with Gasteiger partial charge in [-0.3, -0.25) is 0 Å². The van der Waals surface area contributed by atoms with Gasteiger partial charge in [-0.2, -0.15) is 0 Å². The van der Waals surface area contributed by atoms with Gasteiger partial charge in [-0.25, -0.2) is 13.8 Å². The predicted molar refractivity (Wildman–Crippen MR) is 48.0 cm³/mol. The molecule has 0 aliphatic carbocycles. The lowest BCUT2D eigenvalue weighted by atomic mass is 10.2. The lowest BCUT2D eigenvalue weighted by Crippen LogP contribution is -2.07. The number of nitrogens with zero attached hydrogens (tertiary/aromatic N) is 1. The van der Waals surface area contributed by atoms with Crippen molar-refractivity contribution in [2.75, 3.05) is 12.8 Å². The van der Waals surface area contributed by atoms with Gasteiger partial charge in [0.2, 0.25) is 0 Å². The van der Waals surface area contributed by atoms with E-state index in [0.717, 1.165) is 6.07 Å². The van der Waals surface area contributed by atoms with Gasteiger partial charge in [0.25, 0.3) is 6.43 Å². The molecule has 0 saturated carbocycles. The lowest BCUT2D eigenvalue weighted by molar-refractivity contribution is 0.151. The quantitative estimate of drug-likeness (QED) is 0.770. The van der Waals surface area contributed by atoms with Crippen molar-refractivity contribution in [3.63, 3.8) is 0 Å². The minimum absolute atomic E-state index is 0.0941. The summed E-state index contributed by atoms with van der Waals surface area (Å²) in [4.78, 5) is 3.73. The number of nitrogen functional groups attached to an aromatic ring is 1. The van der Waals surface area contributed by atoms with Crippen molar-refractivity contribution in [3.05, 3.63) is 17.3 Å². The molecule has 4 nitrogen and oxygen atoms in total. The van der Waals surface area contributed by atoms with Crippen molar-refractivity contribution in [1.29, 1.82) is 0 Å². The normalized spacial score (nSPS) is 10.6. The van der Waals surface area contributed by atoms with Crippen LogP contribution in [0, 0.1) is 0 Å². The van der Waals surface area contributed by atoms with E-state index in [2.05, 4.69) is 4.98 Å². The Morgan fingerprint density at radius 1 is 1.57 bits per heavy atom. The Kier molecular flexibility index (Phi) is 3.19. The zero-order chi connectivity index (χ0) is 10.7. The maximum absolute atomic E-state index is 12.4. The van der Waals surface area contributed by atoms with Crippen LogP contribution in [0.4, 0.5) is 14.6 Å². The molecule has 0 aromatic carbocycles. The first kappa shape index (κ1) is 10.6. The fourth-order valence-corrected chi connectivity index (χ4v) is 1.06. The molecule has 0 saturated heterocycles. The fraction of sp³-hybridized carbons (Fsp3) is 0.375. The summed E-state index contributed by atoms with van der Waals surface area (Å²) in [5.74, 6) is 0.0262. The van der Waals surface area contributed by atoms with Crippen LogP contribution in [-0.4, -0.2) is 12.1 Å². The summed E-state index contributed by atoms with van der Waals surface area (Å²) in [5.41, 5.74) is 10.7. The number of nitrogens with two attached hydrogens (primary N) is 2. The molecule has 0 amide bonds. The van der Waals surface area contributed by atoms with E-state index < -0.39 is 6.43 Å². The van der Waals surface area contributed by atoms with Crippen LogP contribution in [0.3, 0.4) is 0 Å². The highest BCUT2D eigenvalue weighted by atomic mass is 19.3. The number of rotatable bonds is 3. The molecule has 0 bridgehead atoms. The molecule has 4 N–H and O–H groups in total. The van der Waals surface area contributed by atoms with Crippen LogP contribution in [0.2, 0.25) is 0 Å². The van der Waals surface area contributed by atoms with E-state index in [0.29, 0.717) is 5.69 Å². The highest BCUT2D eigenvalue weighted by molar-refractivity contribution is 5.47. The molecular formula is C8H11F2N3O. The first-order valence-electron chi connectivity index (χ1n) is 3.91. The van der Waals surface area contributed by atoms with E-state index in [1.54, 1.807) is 0 Å². The average molecular weight is 203 g/mol. The summed E-state index contributed by atoms with van der Waals surface area (Å²) < 4.78 is 29.6. The number of halogens is 2. The monoisotopic (exact) mass is 203 g/mol. The molecule has 1 heterocycles. The molecule has 0 aliphatic heterocycles. The van der Waals surface area contributed by atoms with Gasteiger partial charge in [0.05, 0.1) is 18.4 Å². The molecular weight excluding hydrogens is 192 g/mol. The molecule has 0 spiro atoms. The molecule has 0 aliphatic rings. The Bertz CT molecular complexity index is 331. The van der Waals surface area contributed by atoms with Crippen LogP contribution in [0.15, 0.2) is 6.07 Å². The number of hydrogen-bond donors (Lipinski definition) is 2. The molecule has 1 aromatic rings. The van der Waals surface area contributed by atoms with Gasteiger partial charge in [-0.1, -0.05) is 0 Å². The van der Waals surface area contributed by atoms with Crippen molar-refractivity contribution in [3.8, 4) is 5.75 Å². The van der Waals surface area contributed by atoms with E-state index in [1.807, 2.05) is 0 Å². The third-order valence-electron chi connectivity index (χ3n) is 1.77. The predicted octanol–water partition coefficient (Wildman–Crippen LogP) is 1.07. The SMILES string of the molecule is COc1cc(C(F)F)c(N)nc1CN. The van der Waals surface area contributed by atoms with E-state index in [4.69, 9.17) is 16.2 Å². The molecule has 0 fully saturated rings. The second-order valence-electron chi connectivity index (χ2n) is 2.62. The Morgan fingerprint density at radius 3 is 2.64 bits per heavy atom. The highest BCUT2D eigenvalue weighted by Crippen LogP contribution is 2.29. The second-order valence-corrected chi connectivity index (χ2v) is 2.62. The van der Waals surface area contributed by atoms with Crippen LogP contribution >= 0.6 is 0 Å². The largest absolute Gasteiger partial charge is 0.495 e. The Morgan fingerprint density at radius 2 is 2.21 bits per heavy atom. The molecule has 78 valence electrons. The number of alkyl halides is 2. The molecule has 1 rings (SSSR count). The highest BCUT2D eigenvalue weighted by Gasteiger charge is 2.16. The number of anilines is 1. The molecule has 14 heavy (non-hydrogen) atoms. The smallest absolute Gasteiger partial charge is 0.267 e. The van der Waals surface area contributed by atoms with Crippen molar-refractivity contribution in [1.82, 2.24) is 4.98 Å². The summed E-state index contributed by atoms with van der Waals surface area (Å²) in [5, 5.41) is 0. The molecule has 0 radical (unpaired) electrons.